The van der Waals surface area contributed by atoms with E-state index in [1.54, 1.807) is 13.8 Å². The summed E-state index contributed by atoms with van der Waals surface area (Å²) in [4.78, 5) is 0. The Bertz CT molecular complexity index is 2000. The molecule has 4 saturated heterocycles. The molecule has 446 valence electrons. The Morgan fingerprint density at radius 1 is 0.558 bits per heavy atom. The molecule has 0 bridgehead atoms. The first kappa shape index (κ1) is 60.6. The van der Waals surface area contributed by atoms with Gasteiger partial charge in [0.1, 0.15) is 91.6 Å². The van der Waals surface area contributed by atoms with E-state index in [9.17, 15) is 81.7 Å². The lowest BCUT2D eigenvalue weighted by atomic mass is 9.41. The van der Waals surface area contributed by atoms with E-state index in [2.05, 4.69) is 20.8 Å². The van der Waals surface area contributed by atoms with Crippen molar-refractivity contribution in [2.24, 2.45) is 50.7 Å². The predicted octanol–water partition coefficient (Wildman–Crippen LogP) is -3.79. The summed E-state index contributed by atoms with van der Waals surface area (Å²) in [6, 6.07) is 0. The zero-order valence-corrected chi connectivity index (χ0v) is 45.0. The average Bonchev–Trinajstić information content (AvgIpc) is 3.96. The lowest BCUT2D eigenvalue weighted by Gasteiger charge is -2.65. The van der Waals surface area contributed by atoms with Crippen molar-refractivity contribution in [2.45, 2.75) is 246 Å². The summed E-state index contributed by atoms with van der Waals surface area (Å²) >= 11 is 0. The summed E-state index contributed by atoms with van der Waals surface area (Å²) in [5.74, 6) is 0.0764. The quantitative estimate of drug-likeness (QED) is 0.0622. The second kappa shape index (κ2) is 22.2. The fourth-order valence-corrected chi connectivity index (χ4v) is 17.1. The monoisotopic (exact) mass is 1110 g/mol. The van der Waals surface area contributed by atoms with E-state index >= 15 is 0 Å². The minimum absolute atomic E-state index is 0.0578. The Balaban J connectivity index is 0.918. The van der Waals surface area contributed by atoms with E-state index in [0.29, 0.717) is 32.1 Å². The molecular formula is C53H90O24. The number of hydrogen-bond acceptors (Lipinski definition) is 24. The summed E-state index contributed by atoms with van der Waals surface area (Å²) in [6.07, 6.45) is -26.4. The molecule has 0 amide bonds. The minimum atomic E-state index is -1.90. The molecule has 0 aromatic carbocycles. The molecule has 9 fully saturated rings. The lowest BCUT2D eigenvalue weighted by Crippen LogP contribution is -2.67. The highest BCUT2D eigenvalue weighted by atomic mass is 16.8. The molecule has 0 aromatic heterocycles. The van der Waals surface area contributed by atoms with Gasteiger partial charge in [-0.05, 0) is 123 Å². The molecule has 24 nitrogen and oxygen atoms in total. The third-order valence-electron chi connectivity index (χ3n) is 21.7. The van der Waals surface area contributed by atoms with Gasteiger partial charge in [-0.25, -0.2) is 0 Å². The van der Waals surface area contributed by atoms with E-state index in [1.165, 1.54) is 0 Å². The number of aliphatic hydroxyl groups is 16. The molecule has 31 atom stereocenters. The molecule has 24 heteroatoms. The Morgan fingerprint density at radius 3 is 1.75 bits per heavy atom. The van der Waals surface area contributed by atoms with Gasteiger partial charge >= 0.3 is 0 Å². The zero-order valence-electron chi connectivity index (χ0n) is 45.0. The number of fused-ring (bicyclic) bond motifs is 2. The van der Waals surface area contributed by atoms with Crippen LogP contribution in [0.15, 0.2) is 0 Å². The Labute approximate surface area is 448 Å². The maximum Gasteiger partial charge on any atom is 0.187 e. The molecule has 4 heterocycles. The largest absolute Gasteiger partial charge is 0.396 e. The normalized spacial score (nSPS) is 54.6. The molecule has 9 aliphatic rings. The fraction of sp³-hybridized carbons (Fsp3) is 1.00. The Kier molecular flexibility index (Phi) is 17.5. The van der Waals surface area contributed by atoms with Crippen molar-refractivity contribution in [1.82, 2.24) is 0 Å². The standard InChI is InChI=1S/C53H90O24/c1-22(7-8-30(48(2,3)69)74-45-38(66)35(63)33(61)26(16-54)71-45)23-9-11-51(6)43-24(58)15-29-49(4,21-57)31(10-12-52(29)20-53(43,52)14-13-50(23,51)5)75-47-42(77-44-37(65)32(60)25(59)19-70-44)40(68)41(28(18-56)73-47)76-46-39(67)36(64)34(62)27(17-55)72-46/h22-47,54-69H,7-21H2,1-6H3/t22-,23-,24+,25+,26-,27-,28-,29+,30-,31+,32+,33-,34-,35+,36+,37-,38-,39-,40+,41-,42-,43+,44+,45+,46+,47+,49-,50-,51+,52-,53+/m1/s1. The molecule has 77 heavy (non-hydrogen) atoms. The highest BCUT2D eigenvalue weighted by molar-refractivity contribution is 5.32. The van der Waals surface area contributed by atoms with Gasteiger partial charge in [-0.3, -0.25) is 0 Å². The van der Waals surface area contributed by atoms with Crippen molar-refractivity contribution in [3.63, 3.8) is 0 Å². The van der Waals surface area contributed by atoms with Crippen LogP contribution in [-0.4, -0.2) is 255 Å². The maximum absolute atomic E-state index is 12.8. The molecule has 16 N–H and O–H groups in total. The molecule has 0 unspecified atom stereocenters. The van der Waals surface area contributed by atoms with Crippen LogP contribution in [0.5, 0.6) is 0 Å². The van der Waals surface area contributed by atoms with Crippen LogP contribution >= 0.6 is 0 Å². The van der Waals surface area contributed by atoms with Crippen molar-refractivity contribution >= 4 is 0 Å². The van der Waals surface area contributed by atoms with Crippen LogP contribution < -0.4 is 0 Å². The fourth-order valence-electron chi connectivity index (χ4n) is 17.1. The molecule has 0 aromatic rings. The third-order valence-corrected chi connectivity index (χ3v) is 21.7. The van der Waals surface area contributed by atoms with E-state index in [-0.39, 0.29) is 51.9 Å². The smallest absolute Gasteiger partial charge is 0.187 e. The van der Waals surface area contributed by atoms with Crippen molar-refractivity contribution in [1.29, 1.82) is 0 Å². The van der Waals surface area contributed by atoms with Gasteiger partial charge in [-0.2, -0.15) is 0 Å². The molecule has 2 spiro atoms. The SMILES string of the molecule is C[C@H](CC[C@@H](O[C@@H]1O[C@H](CO)[C@@H](O)[C@H](O)[C@H]1O)C(C)(C)O)[C@H]1CC[C@@]2(C)[C@@H]3[C@@H](O)C[C@H]4[C@@](C)(CO)[C@@H](O[C@@H]5O[C@H](CO)[C@@H](O[C@@H]6O[C@H](CO)[C@@H](O)[C@H](O)[C@H]6O)[C@H](O)[C@H]5O[C@@H]5OC[C@H](O)[C@H](O)[C@H]5O)CC[C@@]45C[C@@]35CC[C@]12C. The third kappa shape index (κ3) is 9.90. The Morgan fingerprint density at radius 2 is 1.14 bits per heavy atom. The highest BCUT2D eigenvalue weighted by Gasteiger charge is 2.84. The van der Waals surface area contributed by atoms with Crippen LogP contribution in [0.25, 0.3) is 0 Å². The van der Waals surface area contributed by atoms with Crippen molar-refractivity contribution in [2.75, 3.05) is 33.0 Å². The zero-order chi connectivity index (χ0) is 56.3. The van der Waals surface area contributed by atoms with Gasteiger partial charge in [0.2, 0.25) is 0 Å². The van der Waals surface area contributed by atoms with E-state index in [0.717, 1.165) is 32.1 Å². The van der Waals surface area contributed by atoms with Crippen LogP contribution in [0.4, 0.5) is 0 Å². The van der Waals surface area contributed by atoms with Gasteiger partial charge in [0.15, 0.2) is 25.2 Å². The first-order chi connectivity index (χ1) is 36.1. The molecule has 5 aliphatic carbocycles. The topological polar surface area (TPSA) is 398 Å². The maximum atomic E-state index is 12.8. The Hall–Kier alpha value is -0.960. The number of rotatable bonds is 17. The van der Waals surface area contributed by atoms with Crippen molar-refractivity contribution in [3.8, 4) is 0 Å². The van der Waals surface area contributed by atoms with Gasteiger partial charge in [-0.1, -0.05) is 27.7 Å². The number of hydrogen-bond donors (Lipinski definition) is 16. The summed E-state index contributed by atoms with van der Waals surface area (Å²) in [6.45, 7) is 9.01. The van der Waals surface area contributed by atoms with Crippen LogP contribution in [-0.2, 0) is 37.9 Å². The van der Waals surface area contributed by atoms with Crippen LogP contribution in [0.3, 0.4) is 0 Å². The molecule has 0 radical (unpaired) electrons. The van der Waals surface area contributed by atoms with Crippen molar-refractivity contribution < 1.29 is 120 Å². The number of aliphatic hydroxyl groups excluding tert-OH is 15. The van der Waals surface area contributed by atoms with Gasteiger partial charge in [0.05, 0.1) is 56.9 Å². The van der Waals surface area contributed by atoms with E-state index in [1.807, 2.05) is 6.92 Å². The summed E-state index contributed by atoms with van der Waals surface area (Å²) < 4.78 is 48.2. The summed E-state index contributed by atoms with van der Waals surface area (Å²) in [7, 11) is 0. The molecule has 5 saturated carbocycles. The van der Waals surface area contributed by atoms with Gasteiger partial charge in [0.25, 0.3) is 0 Å². The first-order valence-electron chi connectivity index (χ1n) is 28.0. The van der Waals surface area contributed by atoms with Gasteiger partial charge < -0.3 is 120 Å². The lowest BCUT2D eigenvalue weighted by molar-refractivity contribution is -0.391. The minimum Gasteiger partial charge on any atom is -0.396 e. The van der Waals surface area contributed by atoms with Crippen LogP contribution in [0.1, 0.15) is 106 Å². The van der Waals surface area contributed by atoms with E-state index < -0.39 is 172 Å². The van der Waals surface area contributed by atoms with Crippen LogP contribution in [0, 0.1) is 50.7 Å². The second-order valence-corrected chi connectivity index (χ2v) is 26.0. The number of ether oxygens (including phenoxy) is 8. The first-order valence-corrected chi connectivity index (χ1v) is 28.0. The predicted molar refractivity (Wildman–Crippen MR) is 261 cm³/mol. The van der Waals surface area contributed by atoms with Crippen molar-refractivity contribution in [3.05, 3.63) is 0 Å². The molecular weight excluding hydrogens is 1020 g/mol. The van der Waals surface area contributed by atoms with Crippen LogP contribution in [0.2, 0.25) is 0 Å². The summed E-state index contributed by atoms with van der Waals surface area (Å²) in [5.41, 5.74) is -3.37. The van der Waals surface area contributed by atoms with Gasteiger partial charge in [-0.15, -0.1) is 0 Å². The highest BCUT2D eigenvalue weighted by Crippen LogP contribution is 2.89. The molecule has 4 aliphatic heterocycles. The second-order valence-electron chi connectivity index (χ2n) is 26.0. The van der Waals surface area contributed by atoms with Gasteiger partial charge in [0, 0.05) is 5.41 Å². The average molecular weight is 1110 g/mol. The summed E-state index contributed by atoms with van der Waals surface area (Å²) in [5, 5.41) is 173. The van der Waals surface area contributed by atoms with E-state index in [4.69, 9.17) is 37.9 Å². The molecule has 9 rings (SSSR count).